The summed E-state index contributed by atoms with van der Waals surface area (Å²) in [6.45, 7) is -2.89. The number of carboxylic acid groups (broad SMARTS) is 1. The number of cyclic esters (lactones) is 2. The second-order valence-corrected chi connectivity index (χ2v) is 9.07. The van der Waals surface area contributed by atoms with E-state index >= 15 is 0 Å². The van der Waals surface area contributed by atoms with Crippen LogP contribution in [-0.4, -0.2) is 128 Å². The third kappa shape index (κ3) is 9.17. The molecule has 10 N–H and O–H groups in total. The minimum Gasteiger partial charge on any atom is -0.499 e. The van der Waals surface area contributed by atoms with Gasteiger partial charge in [-0.1, -0.05) is 0 Å². The van der Waals surface area contributed by atoms with Gasteiger partial charge in [0.1, 0.15) is 30.8 Å². The van der Waals surface area contributed by atoms with Crippen LogP contribution in [0.15, 0.2) is 23.0 Å². The zero-order valence-corrected chi connectivity index (χ0v) is 22.8. The highest BCUT2D eigenvalue weighted by atomic mass is 32.1. The first kappa shape index (κ1) is 35.0. The van der Waals surface area contributed by atoms with Crippen molar-refractivity contribution in [2.45, 2.75) is 49.3 Å². The van der Waals surface area contributed by atoms with Crippen LogP contribution in [0.2, 0.25) is 0 Å². The Morgan fingerprint density at radius 2 is 1.53 bits per heavy atom. The van der Waals surface area contributed by atoms with Crippen molar-refractivity contribution in [2.75, 3.05) is 25.5 Å². The first-order valence-corrected chi connectivity index (χ1v) is 12.8. The molecule has 2 amide bonds. The van der Waals surface area contributed by atoms with E-state index in [0.29, 0.717) is 0 Å². The zero-order chi connectivity index (χ0) is 32.4. The first-order valence-electron chi connectivity index (χ1n) is 12.1. The summed E-state index contributed by atoms with van der Waals surface area (Å²) in [4.78, 5) is 81.3. The van der Waals surface area contributed by atoms with Gasteiger partial charge in [0.05, 0.1) is 13.2 Å². The minimum absolute atomic E-state index is 0.220. The Balaban J connectivity index is 2.10. The summed E-state index contributed by atoms with van der Waals surface area (Å²) in [5.74, 6) is -11.4. The molecule has 2 heterocycles. The number of thiol groups is 1. The van der Waals surface area contributed by atoms with Crippen LogP contribution in [0, 0.1) is 0 Å². The van der Waals surface area contributed by atoms with Crippen LogP contribution >= 0.6 is 12.6 Å². The number of carbonyl (C=O) groups excluding carboxylic acids is 5. The van der Waals surface area contributed by atoms with Crippen LogP contribution in [0.3, 0.4) is 0 Å². The van der Waals surface area contributed by atoms with Gasteiger partial charge in [0.15, 0.2) is 12.2 Å². The summed E-state index contributed by atoms with van der Waals surface area (Å²) in [7, 11) is 0. The van der Waals surface area contributed by atoms with Crippen molar-refractivity contribution >= 4 is 48.3 Å². The van der Waals surface area contributed by atoms with Crippen molar-refractivity contribution in [1.82, 2.24) is 10.6 Å². The SMILES string of the molecule is NC(CCC(=O)NC(CS)C(=O)NCC(=O)OC1=C(OOC2=C(O)C(=O)O[C@@H]2[C@@H](O)CO)[C@@H]([C@@H](O)CO)OC1=O)C(=O)O. The van der Waals surface area contributed by atoms with E-state index in [9.17, 15) is 49.2 Å². The molecule has 43 heavy (non-hydrogen) atoms. The topological polar surface area (TPSA) is 320 Å². The zero-order valence-electron chi connectivity index (χ0n) is 21.9. The molecule has 0 saturated carbocycles. The molecule has 0 aromatic heterocycles. The highest BCUT2D eigenvalue weighted by molar-refractivity contribution is 7.80. The number of esters is 3. The van der Waals surface area contributed by atoms with E-state index in [1.165, 1.54) is 0 Å². The molecule has 0 radical (unpaired) electrons. The summed E-state index contributed by atoms with van der Waals surface area (Å²) < 4.78 is 14.3. The highest BCUT2D eigenvalue weighted by Gasteiger charge is 2.47. The molecule has 0 aliphatic carbocycles. The fraction of sp³-hybridized carbons (Fsp3) is 0.545. The lowest BCUT2D eigenvalue weighted by Gasteiger charge is -2.20. The molecule has 2 aliphatic heterocycles. The van der Waals surface area contributed by atoms with Gasteiger partial charge >= 0.3 is 23.9 Å². The molecule has 0 aromatic rings. The molecule has 20 nitrogen and oxygen atoms in total. The third-order valence-electron chi connectivity index (χ3n) is 5.57. The largest absolute Gasteiger partial charge is 0.499 e. The first-order chi connectivity index (χ1) is 20.2. The number of aliphatic carboxylic acids is 1. The van der Waals surface area contributed by atoms with Gasteiger partial charge in [-0.05, 0) is 6.42 Å². The van der Waals surface area contributed by atoms with Crippen LogP contribution in [0.25, 0.3) is 0 Å². The summed E-state index contributed by atoms with van der Waals surface area (Å²) in [5.41, 5.74) is 5.32. The average molecular weight is 640 g/mol. The summed E-state index contributed by atoms with van der Waals surface area (Å²) in [5, 5.41) is 61.2. The van der Waals surface area contributed by atoms with Crippen molar-refractivity contribution in [3.63, 3.8) is 0 Å². The van der Waals surface area contributed by atoms with Gasteiger partial charge in [-0.3, -0.25) is 24.2 Å². The molecule has 2 aliphatic rings. The number of ether oxygens (including phenoxy) is 3. The van der Waals surface area contributed by atoms with Gasteiger partial charge in [-0.2, -0.15) is 12.6 Å². The molecule has 0 aromatic carbocycles. The van der Waals surface area contributed by atoms with Gasteiger partial charge in [0, 0.05) is 12.2 Å². The van der Waals surface area contributed by atoms with Crippen LogP contribution in [-0.2, 0) is 52.8 Å². The predicted molar refractivity (Wildman–Crippen MR) is 135 cm³/mol. The number of aliphatic hydroxyl groups is 5. The molecule has 0 saturated heterocycles. The van der Waals surface area contributed by atoms with Crippen molar-refractivity contribution in [3.05, 3.63) is 23.0 Å². The number of carbonyl (C=O) groups is 6. The van der Waals surface area contributed by atoms with E-state index in [0.717, 1.165) is 0 Å². The summed E-state index contributed by atoms with van der Waals surface area (Å²) >= 11 is 3.93. The van der Waals surface area contributed by atoms with Crippen molar-refractivity contribution in [1.29, 1.82) is 0 Å². The Kier molecular flexibility index (Phi) is 13.0. The monoisotopic (exact) mass is 639 g/mol. The standard InChI is InChI=1S/C22H29N3O17S/c23-7(20(34)35)1-2-11(30)25-8(6-43)19(33)24-3-12(31)38-18-17(15(10(29)5-27)40-22(18)37)42-41-16-13(32)21(36)39-14(16)9(28)4-26/h7-10,14-15,26-29,32,43H,1-6,23H2,(H,24,33)(H,25,30)(H,34,35)/t7?,8?,9-,10-,14+,15+/m0/s1. The summed E-state index contributed by atoms with van der Waals surface area (Å²) in [6.07, 6.45) is -7.84. The van der Waals surface area contributed by atoms with Gasteiger partial charge < -0.3 is 61.2 Å². The number of aliphatic hydroxyl groups excluding tert-OH is 5. The Hall–Kier alpha value is -4.15. The quantitative estimate of drug-likeness (QED) is 0.0233. The predicted octanol–water partition coefficient (Wildman–Crippen LogP) is -5.26. The molecular weight excluding hydrogens is 610 g/mol. The average Bonchev–Trinajstić information content (AvgIpc) is 3.44. The maximum Gasteiger partial charge on any atom is 0.379 e. The fourth-order valence-electron chi connectivity index (χ4n) is 3.27. The number of nitrogens with two attached hydrogens (primary N) is 1. The maximum absolute atomic E-state index is 12.4. The lowest BCUT2D eigenvalue weighted by Crippen LogP contribution is -2.49. The minimum atomic E-state index is -1.87. The van der Waals surface area contributed by atoms with E-state index < -0.39 is 115 Å². The molecule has 2 unspecified atom stereocenters. The van der Waals surface area contributed by atoms with E-state index in [-0.39, 0.29) is 18.6 Å². The fourth-order valence-corrected chi connectivity index (χ4v) is 3.52. The normalized spacial score (nSPS) is 20.9. The lowest BCUT2D eigenvalue weighted by atomic mass is 10.1. The Morgan fingerprint density at radius 1 is 0.977 bits per heavy atom. The summed E-state index contributed by atoms with van der Waals surface area (Å²) in [6, 6.07) is -2.58. The lowest BCUT2D eigenvalue weighted by molar-refractivity contribution is -0.254. The van der Waals surface area contributed by atoms with Crippen molar-refractivity contribution < 1.29 is 83.4 Å². The smallest absolute Gasteiger partial charge is 0.379 e. The van der Waals surface area contributed by atoms with Gasteiger partial charge in [-0.15, -0.1) is 0 Å². The molecule has 21 heteroatoms. The molecule has 6 atom stereocenters. The Labute approximate surface area is 246 Å². The van der Waals surface area contributed by atoms with Crippen molar-refractivity contribution in [2.24, 2.45) is 5.73 Å². The van der Waals surface area contributed by atoms with Gasteiger partial charge in [0.25, 0.3) is 5.76 Å². The molecular formula is C22H29N3O17S. The third-order valence-corrected chi connectivity index (χ3v) is 5.94. The Bertz CT molecular complexity index is 1170. The van der Waals surface area contributed by atoms with Crippen LogP contribution in [0.5, 0.6) is 0 Å². The molecule has 0 fully saturated rings. The molecule has 0 bridgehead atoms. The second kappa shape index (κ2) is 15.9. The van der Waals surface area contributed by atoms with Gasteiger partial charge in [-0.25, -0.2) is 14.4 Å². The second-order valence-electron chi connectivity index (χ2n) is 8.70. The molecule has 240 valence electrons. The molecule has 0 spiro atoms. The van der Waals surface area contributed by atoms with E-state index in [4.69, 9.17) is 35.2 Å². The van der Waals surface area contributed by atoms with Crippen molar-refractivity contribution in [3.8, 4) is 0 Å². The number of hydrogen-bond donors (Lipinski definition) is 10. The van der Waals surface area contributed by atoms with Gasteiger partial charge in [0.2, 0.25) is 29.1 Å². The van der Waals surface area contributed by atoms with Crippen LogP contribution in [0.4, 0.5) is 0 Å². The number of rotatable bonds is 17. The highest BCUT2D eigenvalue weighted by Crippen LogP contribution is 2.31. The number of nitrogens with one attached hydrogen (secondary N) is 2. The maximum atomic E-state index is 12.4. The van der Waals surface area contributed by atoms with E-state index in [1.807, 2.05) is 0 Å². The van der Waals surface area contributed by atoms with E-state index in [1.54, 1.807) is 0 Å². The van der Waals surface area contributed by atoms with Crippen LogP contribution < -0.4 is 16.4 Å². The van der Waals surface area contributed by atoms with E-state index in [2.05, 4.69) is 28.0 Å². The van der Waals surface area contributed by atoms with Crippen LogP contribution in [0.1, 0.15) is 12.8 Å². The molecule has 2 rings (SSSR count). The number of hydrogen-bond acceptors (Lipinski definition) is 18. The number of amides is 2. The Morgan fingerprint density at radius 3 is 2.09 bits per heavy atom. The number of carboxylic acids is 1.